The summed E-state index contributed by atoms with van der Waals surface area (Å²) < 4.78 is 54.0. The molecule has 0 amide bonds. The van der Waals surface area contributed by atoms with Gasteiger partial charge in [0.25, 0.3) is 15.8 Å². The van der Waals surface area contributed by atoms with E-state index >= 15 is 0 Å². The number of aryl methyl sites for hydroxylation is 1. The van der Waals surface area contributed by atoms with Gasteiger partial charge in [-0.25, -0.2) is 10.1 Å². The Morgan fingerprint density at radius 1 is 1.23 bits per heavy atom. The average molecular weight is 592 g/mol. The fourth-order valence-electron chi connectivity index (χ4n) is 5.09. The van der Waals surface area contributed by atoms with E-state index < -0.39 is 32.6 Å². The molecule has 0 atom stereocenters. The van der Waals surface area contributed by atoms with Crippen molar-refractivity contribution in [3.63, 3.8) is 0 Å². The fraction of sp³-hybridized carbons (Fsp3) is 0.400. The van der Waals surface area contributed by atoms with Gasteiger partial charge < -0.3 is 15.7 Å². The van der Waals surface area contributed by atoms with Crippen LogP contribution in [0.5, 0.6) is 5.75 Å². The average Bonchev–Trinajstić information content (AvgIpc) is 2.88. The first kappa shape index (κ1) is 28.3. The van der Waals surface area contributed by atoms with Gasteiger partial charge in [-0.1, -0.05) is 24.6 Å². The molecule has 0 radical (unpaired) electrons. The first-order valence-corrected chi connectivity index (χ1v) is 15.9. The number of hydrogen-bond donors (Lipinski definition) is 6. The van der Waals surface area contributed by atoms with Gasteiger partial charge >= 0.3 is 0 Å². The number of nitrogens with two attached hydrogens (primary N) is 1. The van der Waals surface area contributed by atoms with Crippen LogP contribution in [0, 0.1) is 5.92 Å². The molecule has 0 unspecified atom stereocenters. The van der Waals surface area contributed by atoms with Crippen LogP contribution in [0.2, 0.25) is 0 Å². The highest BCUT2D eigenvalue weighted by Crippen LogP contribution is 2.56. The number of anilines is 2. The zero-order valence-electron chi connectivity index (χ0n) is 22.1. The van der Waals surface area contributed by atoms with Crippen molar-refractivity contribution in [3.05, 3.63) is 52.4 Å². The molecule has 3 aromatic rings. The van der Waals surface area contributed by atoms with E-state index in [0.29, 0.717) is 55.8 Å². The molecule has 0 saturated carbocycles. The Bertz CT molecular complexity index is 1650. The van der Waals surface area contributed by atoms with Crippen LogP contribution in [-0.2, 0) is 16.8 Å². The van der Waals surface area contributed by atoms with E-state index in [4.69, 9.17) is 5.14 Å². The van der Waals surface area contributed by atoms with Crippen LogP contribution in [0.15, 0.2) is 50.6 Å². The standard InChI is InChI=1S/C25H33N7O6S2/c1-15(2)9-13-31-24-18(4-3-10-28-24)22(33)21(25(31)34)23-29-19-6-5-17(14-20(19)39(35,36)30-23)32(40(26,37)38)16-7-11-27-12-8-16/h3-6,10,14-16,27,33,35-36H,7-9,11-13H2,1-2H3,(H,29,30)(H2,26,37,38). The monoisotopic (exact) mass is 591 g/mol. The van der Waals surface area contributed by atoms with E-state index in [1.54, 1.807) is 12.1 Å². The van der Waals surface area contributed by atoms with Crippen LogP contribution >= 0.6 is 10.8 Å². The molecule has 4 heterocycles. The topological polar surface area (TPSA) is 195 Å². The fourth-order valence-corrected chi connectivity index (χ4v) is 7.31. The zero-order valence-corrected chi connectivity index (χ0v) is 23.7. The summed E-state index contributed by atoms with van der Waals surface area (Å²) in [7, 11) is -8.09. The van der Waals surface area contributed by atoms with Crippen LogP contribution in [0.3, 0.4) is 0 Å². The number of fused-ring (bicyclic) bond motifs is 2. The Labute approximate surface area is 233 Å². The van der Waals surface area contributed by atoms with E-state index in [9.17, 15) is 27.4 Å². The second kappa shape index (κ2) is 10.6. The predicted molar refractivity (Wildman–Crippen MR) is 156 cm³/mol. The molecule has 40 heavy (non-hydrogen) atoms. The van der Waals surface area contributed by atoms with Crippen LogP contribution in [0.1, 0.15) is 38.7 Å². The third-order valence-corrected chi connectivity index (χ3v) is 9.48. The van der Waals surface area contributed by atoms with Gasteiger partial charge in [-0.05, 0) is 68.6 Å². The van der Waals surface area contributed by atoms with E-state index in [0.717, 1.165) is 4.31 Å². The highest BCUT2D eigenvalue weighted by atomic mass is 32.3. The van der Waals surface area contributed by atoms with Gasteiger partial charge in [0, 0.05) is 18.8 Å². The quantitative estimate of drug-likeness (QED) is 0.239. The first-order valence-electron chi connectivity index (χ1n) is 12.9. The largest absolute Gasteiger partial charge is 0.506 e. The molecular formula is C25H33N7O6S2. The van der Waals surface area contributed by atoms with Gasteiger partial charge in [-0.2, -0.15) is 8.42 Å². The molecular weight excluding hydrogens is 558 g/mol. The summed E-state index contributed by atoms with van der Waals surface area (Å²) >= 11 is 0. The summed E-state index contributed by atoms with van der Waals surface area (Å²) in [5.74, 6) is -0.307. The third kappa shape index (κ3) is 5.27. The molecule has 1 fully saturated rings. The number of rotatable bonds is 7. The highest BCUT2D eigenvalue weighted by molar-refractivity contribution is 8.23. The molecule has 0 aliphatic carbocycles. The Kier molecular flexibility index (Phi) is 7.54. The van der Waals surface area contributed by atoms with Crippen molar-refractivity contribution < 1.29 is 22.6 Å². The molecule has 0 bridgehead atoms. The van der Waals surface area contributed by atoms with Gasteiger partial charge in [0.05, 0.1) is 16.8 Å². The smallest absolute Gasteiger partial charge is 0.299 e. The van der Waals surface area contributed by atoms with Gasteiger partial charge in [0.1, 0.15) is 21.9 Å². The lowest BCUT2D eigenvalue weighted by Gasteiger charge is -2.37. The molecule has 0 spiro atoms. The van der Waals surface area contributed by atoms with Crippen molar-refractivity contribution in [1.29, 1.82) is 0 Å². The van der Waals surface area contributed by atoms with Crippen LogP contribution in [0.25, 0.3) is 11.0 Å². The maximum Gasteiger partial charge on any atom is 0.299 e. The molecule has 13 nitrogen and oxygen atoms in total. The predicted octanol–water partition coefficient (Wildman–Crippen LogP) is 2.81. The van der Waals surface area contributed by atoms with Gasteiger partial charge in [0.2, 0.25) is 0 Å². The maximum absolute atomic E-state index is 13.7. The molecule has 5 rings (SSSR count). The Hall–Kier alpha value is -3.21. The second-order valence-corrected chi connectivity index (χ2v) is 13.4. The minimum absolute atomic E-state index is 0.0570. The number of amidine groups is 1. The number of hydrogen-bond acceptors (Lipinski definition) is 10. The highest BCUT2D eigenvalue weighted by Gasteiger charge is 2.34. The maximum atomic E-state index is 13.7. The lowest BCUT2D eigenvalue weighted by Crippen LogP contribution is -2.49. The zero-order chi connectivity index (χ0) is 28.8. The summed E-state index contributed by atoms with van der Waals surface area (Å²) in [5.41, 5.74) is -0.128. The van der Waals surface area contributed by atoms with Crippen molar-refractivity contribution in [1.82, 2.24) is 14.9 Å². The number of nitrogens with one attached hydrogen (secondary N) is 2. The molecule has 7 N–H and O–H groups in total. The summed E-state index contributed by atoms with van der Waals surface area (Å²) in [6.45, 7) is 5.62. The SMILES string of the molecule is CC(C)CCn1c(=O)c(C2=NS(O)(O)c3cc(N(C4CCNCC4)S(N)(=O)=O)ccc3N2)c(O)c2cccnc21. The Balaban J connectivity index is 1.60. The normalized spacial score (nSPS) is 18.2. The lowest BCUT2D eigenvalue weighted by molar-refractivity contribution is 0.453. The molecule has 2 aromatic heterocycles. The summed E-state index contributed by atoms with van der Waals surface area (Å²) in [4.78, 5) is 17.9. The van der Waals surface area contributed by atoms with Crippen molar-refractivity contribution in [2.75, 3.05) is 22.7 Å². The second-order valence-electron chi connectivity index (χ2n) is 10.3. The summed E-state index contributed by atoms with van der Waals surface area (Å²) in [6.07, 6.45) is 3.27. The van der Waals surface area contributed by atoms with Crippen LogP contribution in [0.4, 0.5) is 11.4 Å². The van der Waals surface area contributed by atoms with Crippen molar-refractivity contribution in [2.45, 2.75) is 50.6 Å². The van der Waals surface area contributed by atoms with Crippen molar-refractivity contribution in [3.8, 4) is 5.75 Å². The van der Waals surface area contributed by atoms with Crippen LogP contribution in [-0.4, -0.2) is 57.1 Å². The number of aromatic hydroxyl groups is 1. The lowest BCUT2D eigenvalue weighted by atomic mass is 10.1. The van der Waals surface area contributed by atoms with Crippen molar-refractivity contribution in [2.24, 2.45) is 15.5 Å². The van der Waals surface area contributed by atoms with E-state index in [2.05, 4.69) is 20.0 Å². The minimum Gasteiger partial charge on any atom is -0.506 e. The molecule has 1 saturated heterocycles. The van der Waals surface area contributed by atoms with E-state index in [-0.39, 0.29) is 33.4 Å². The summed E-state index contributed by atoms with van der Waals surface area (Å²) in [5, 5.41) is 23.1. The van der Waals surface area contributed by atoms with Gasteiger partial charge in [0.15, 0.2) is 5.84 Å². The molecule has 2 aliphatic rings. The van der Waals surface area contributed by atoms with E-state index in [1.807, 2.05) is 13.8 Å². The van der Waals surface area contributed by atoms with E-state index in [1.165, 1.54) is 29.0 Å². The Morgan fingerprint density at radius 3 is 2.62 bits per heavy atom. The first-order chi connectivity index (χ1) is 18.9. The number of benzene rings is 1. The molecule has 1 aromatic carbocycles. The molecule has 15 heteroatoms. The number of nitrogens with zero attached hydrogens (tertiary/aromatic N) is 4. The van der Waals surface area contributed by atoms with Crippen LogP contribution < -0.4 is 25.6 Å². The number of piperidine rings is 1. The van der Waals surface area contributed by atoms with Crippen molar-refractivity contribution >= 4 is 49.2 Å². The Morgan fingerprint density at radius 2 is 1.95 bits per heavy atom. The van der Waals surface area contributed by atoms with Gasteiger partial charge in [-0.3, -0.25) is 22.8 Å². The number of aromatic nitrogens is 2. The third-order valence-electron chi connectivity index (χ3n) is 7.06. The molecule has 216 valence electrons. The number of pyridine rings is 2. The summed E-state index contributed by atoms with van der Waals surface area (Å²) in [6, 6.07) is 7.15. The minimum atomic E-state index is -4.17. The van der Waals surface area contributed by atoms with Gasteiger partial charge in [-0.15, -0.1) is 4.40 Å². The molecule has 2 aliphatic heterocycles.